The number of likely N-dealkylation sites (N-methyl/N-ethyl adjacent to an activating group) is 1. The van der Waals surface area contributed by atoms with Crippen molar-refractivity contribution in [1.29, 1.82) is 0 Å². The molecule has 0 radical (unpaired) electrons. The summed E-state index contributed by atoms with van der Waals surface area (Å²) in [5.74, 6) is 0.818. The third-order valence-corrected chi connectivity index (χ3v) is 4.39. The van der Waals surface area contributed by atoms with Crippen LogP contribution in [0.5, 0.6) is 0 Å². The highest BCUT2D eigenvalue weighted by molar-refractivity contribution is 7.88. The fourth-order valence-corrected chi connectivity index (χ4v) is 2.20. The summed E-state index contributed by atoms with van der Waals surface area (Å²) in [5, 5.41) is 7.41. The lowest BCUT2D eigenvalue weighted by molar-refractivity contribution is 0.486. The number of anilines is 1. The van der Waals surface area contributed by atoms with E-state index in [1.54, 1.807) is 17.8 Å². The Kier molecular flexibility index (Phi) is 4.24. The van der Waals surface area contributed by atoms with Gasteiger partial charge < -0.3 is 5.32 Å². The number of hydrogen-bond donors (Lipinski definition) is 1. The molecule has 0 atom stereocenters. The molecule has 2 heterocycles. The number of rotatable bonds is 6. The van der Waals surface area contributed by atoms with E-state index in [0.29, 0.717) is 13.1 Å². The van der Waals surface area contributed by atoms with Gasteiger partial charge in [-0.1, -0.05) is 6.92 Å². The van der Waals surface area contributed by atoms with Crippen LogP contribution >= 0.6 is 0 Å². The molecule has 1 N–H and O–H groups in total. The van der Waals surface area contributed by atoms with Crippen LogP contribution in [0.4, 0.5) is 5.82 Å². The Hall–Kier alpha value is -1.67. The fourth-order valence-electron chi connectivity index (χ4n) is 1.78. The number of sulfonamides is 1. The first-order valence-electron chi connectivity index (χ1n) is 6.40. The number of fused-ring (bicyclic) bond motifs is 1. The monoisotopic (exact) mass is 297 g/mol. The maximum atomic E-state index is 11.3. The first-order valence-corrected chi connectivity index (χ1v) is 8.25. The Morgan fingerprint density at radius 3 is 2.85 bits per heavy atom. The van der Waals surface area contributed by atoms with Crippen LogP contribution in [0.25, 0.3) is 5.65 Å². The zero-order valence-corrected chi connectivity index (χ0v) is 12.7. The van der Waals surface area contributed by atoms with E-state index in [9.17, 15) is 8.42 Å². The van der Waals surface area contributed by atoms with E-state index >= 15 is 0 Å². The van der Waals surface area contributed by atoms with Gasteiger partial charge >= 0.3 is 0 Å². The van der Waals surface area contributed by atoms with Gasteiger partial charge in [-0.2, -0.15) is 9.61 Å². The summed E-state index contributed by atoms with van der Waals surface area (Å²) < 4.78 is 25.6. The van der Waals surface area contributed by atoms with Gasteiger partial charge in [-0.3, -0.25) is 0 Å². The zero-order chi connectivity index (χ0) is 14.8. The van der Waals surface area contributed by atoms with Crippen LogP contribution in [-0.4, -0.2) is 53.7 Å². The van der Waals surface area contributed by atoms with Crippen LogP contribution in [-0.2, 0) is 16.4 Å². The smallest absolute Gasteiger partial charge is 0.211 e. The van der Waals surface area contributed by atoms with Crippen molar-refractivity contribution in [2.45, 2.75) is 13.3 Å². The zero-order valence-electron chi connectivity index (χ0n) is 11.9. The van der Waals surface area contributed by atoms with Crippen LogP contribution in [0.3, 0.4) is 0 Å². The minimum atomic E-state index is -3.14. The summed E-state index contributed by atoms with van der Waals surface area (Å²) >= 11 is 0. The highest BCUT2D eigenvalue weighted by Gasteiger charge is 2.10. The van der Waals surface area contributed by atoms with E-state index in [-0.39, 0.29) is 0 Å². The van der Waals surface area contributed by atoms with Gasteiger partial charge in [0.2, 0.25) is 10.0 Å². The van der Waals surface area contributed by atoms with Crippen molar-refractivity contribution >= 4 is 21.5 Å². The average molecular weight is 297 g/mol. The van der Waals surface area contributed by atoms with Gasteiger partial charge in [0.15, 0.2) is 5.65 Å². The van der Waals surface area contributed by atoms with E-state index < -0.39 is 10.0 Å². The lowest BCUT2D eigenvalue weighted by Crippen LogP contribution is -2.30. The van der Waals surface area contributed by atoms with Crippen molar-refractivity contribution in [3.63, 3.8) is 0 Å². The first-order chi connectivity index (χ1) is 9.41. The highest BCUT2D eigenvalue weighted by atomic mass is 32.2. The summed E-state index contributed by atoms with van der Waals surface area (Å²) in [4.78, 5) is 4.45. The van der Waals surface area contributed by atoms with Crippen molar-refractivity contribution in [1.82, 2.24) is 18.9 Å². The fraction of sp³-hybridized carbons (Fsp3) is 0.500. The summed E-state index contributed by atoms with van der Waals surface area (Å²) in [7, 11) is -1.58. The SMILES string of the molecule is CCc1cc(NCCN(C)S(C)(=O)=O)n2nccc2n1. The van der Waals surface area contributed by atoms with E-state index in [4.69, 9.17) is 0 Å². The second-order valence-electron chi connectivity index (χ2n) is 4.60. The van der Waals surface area contributed by atoms with Crippen LogP contribution in [0.2, 0.25) is 0 Å². The minimum absolute atomic E-state index is 0.394. The quantitative estimate of drug-likeness (QED) is 0.844. The predicted octanol–water partition coefficient (Wildman–Crippen LogP) is 0.595. The number of nitrogens with one attached hydrogen (secondary N) is 1. The molecule has 0 amide bonds. The second-order valence-corrected chi connectivity index (χ2v) is 6.69. The molecule has 0 aliphatic rings. The van der Waals surface area contributed by atoms with E-state index in [1.165, 1.54) is 10.6 Å². The summed E-state index contributed by atoms with van der Waals surface area (Å²) in [6, 6.07) is 3.77. The third kappa shape index (κ3) is 3.26. The lowest BCUT2D eigenvalue weighted by Gasteiger charge is -2.15. The topological polar surface area (TPSA) is 79.6 Å². The molecule has 0 fully saturated rings. The molecular formula is C12H19N5O2S. The van der Waals surface area contributed by atoms with Crippen molar-refractivity contribution in [2.75, 3.05) is 31.7 Å². The molecule has 0 aliphatic heterocycles. The Morgan fingerprint density at radius 1 is 1.45 bits per heavy atom. The molecule has 20 heavy (non-hydrogen) atoms. The van der Waals surface area contributed by atoms with Gasteiger partial charge in [0.25, 0.3) is 0 Å². The maximum absolute atomic E-state index is 11.3. The summed E-state index contributed by atoms with van der Waals surface area (Å²) in [6.07, 6.45) is 3.72. The predicted molar refractivity (Wildman–Crippen MR) is 78.3 cm³/mol. The highest BCUT2D eigenvalue weighted by Crippen LogP contribution is 2.12. The summed E-state index contributed by atoms with van der Waals surface area (Å²) in [5.41, 5.74) is 1.75. The van der Waals surface area contributed by atoms with E-state index in [1.807, 2.05) is 19.1 Å². The Balaban J connectivity index is 2.11. The lowest BCUT2D eigenvalue weighted by atomic mass is 10.3. The number of nitrogens with zero attached hydrogens (tertiary/aromatic N) is 4. The van der Waals surface area contributed by atoms with Crippen LogP contribution in [0.1, 0.15) is 12.6 Å². The number of aryl methyl sites for hydroxylation is 1. The normalized spacial score (nSPS) is 12.2. The molecule has 2 aromatic rings. The Labute approximate surface area is 118 Å². The molecule has 0 aliphatic carbocycles. The van der Waals surface area contributed by atoms with Crippen molar-refractivity contribution < 1.29 is 8.42 Å². The van der Waals surface area contributed by atoms with Gasteiger partial charge in [0.1, 0.15) is 5.82 Å². The average Bonchev–Trinajstić information content (AvgIpc) is 2.85. The molecule has 110 valence electrons. The van der Waals surface area contributed by atoms with Gasteiger partial charge in [-0.25, -0.2) is 17.7 Å². The molecule has 0 saturated carbocycles. The first kappa shape index (κ1) is 14.7. The van der Waals surface area contributed by atoms with Gasteiger partial charge in [-0.15, -0.1) is 0 Å². The van der Waals surface area contributed by atoms with Crippen molar-refractivity contribution in [3.8, 4) is 0 Å². The number of hydrogen-bond acceptors (Lipinski definition) is 5. The standard InChI is InChI=1S/C12H19N5O2S/c1-4-10-9-12(17-11(15-10)5-6-14-17)13-7-8-16(2)20(3,18)19/h5-6,9,13H,4,7-8H2,1-3H3. The van der Waals surface area contributed by atoms with E-state index in [2.05, 4.69) is 15.4 Å². The second kappa shape index (κ2) is 5.76. The molecule has 0 bridgehead atoms. The Bertz CT molecular complexity index is 695. The number of aromatic nitrogens is 3. The molecule has 0 saturated heterocycles. The van der Waals surface area contributed by atoms with Crippen LogP contribution in [0, 0.1) is 0 Å². The van der Waals surface area contributed by atoms with Gasteiger partial charge in [0.05, 0.1) is 12.5 Å². The van der Waals surface area contributed by atoms with Crippen molar-refractivity contribution in [2.24, 2.45) is 0 Å². The van der Waals surface area contributed by atoms with Crippen LogP contribution < -0.4 is 5.32 Å². The van der Waals surface area contributed by atoms with Gasteiger partial charge in [0, 0.05) is 38.0 Å². The molecule has 2 aromatic heterocycles. The molecule has 7 nitrogen and oxygen atoms in total. The molecule has 2 rings (SSSR count). The molecule has 0 aromatic carbocycles. The molecule has 0 spiro atoms. The molecule has 8 heteroatoms. The molecular weight excluding hydrogens is 278 g/mol. The molecule has 0 unspecified atom stereocenters. The Morgan fingerprint density at radius 2 is 2.20 bits per heavy atom. The van der Waals surface area contributed by atoms with Crippen LogP contribution in [0.15, 0.2) is 18.3 Å². The third-order valence-electron chi connectivity index (χ3n) is 3.07. The van der Waals surface area contributed by atoms with E-state index in [0.717, 1.165) is 23.6 Å². The van der Waals surface area contributed by atoms with Gasteiger partial charge in [-0.05, 0) is 6.42 Å². The largest absolute Gasteiger partial charge is 0.369 e. The minimum Gasteiger partial charge on any atom is -0.369 e. The van der Waals surface area contributed by atoms with Crippen molar-refractivity contribution in [3.05, 3.63) is 24.0 Å². The summed E-state index contributed by atoms with van der Waals surface area (Å²) in [6.45, 7) is 2.94. The maximum Gasteiger partial charge on any atom is 0.211 e.